The molecule has 20 heavy (non-hydrogen) atoms. The van der Waals surface area contributed by atoms with Crippen LogP contribution >= 0.6 is 0 Å². The summed E-state index contributed by atoms with van der Waals surface area (Å²) in [5.41, 5.74) is 6.67. The maximum atomic E-state index is 11.4. The Hall–Kier alpha value is -2.11. The zero-order valence-electron chi connectivity index (χ0n) is 12.0. The number of hydrogen-bond acceptors (Lipinski definition) is 5. The number of nitrogens with two attached hydrogens (primary N) is 1. The monoisotopic (exact) mass is 276 g/mol. The molecular formula is C14H20N4O2. The van der Waals surface area contributed by atoms with E-state index in [-0.39, 0.29) is 12.0 Å². The Labute approximate surface area is 118 Å². The summed E-state index contributed by atoms with van der Waals surface area (Å²) in [6.45, 7) is 4.60. The summed E-state index contributed by atoms with van der Waals surface area (Å²) in [5, 5.41) is 6.26. The summed E-state index contributed by atoms with van der Waals surface area (Å²) < 4.78 is 5.11. The number of carbonyl (C=O) groups is 1. The summed E-state index contributed by atoms with van der Waals surface area (Å²) in [5.74, 6) is 0.169. The first-order valence-corrected chi connectivity index (χ1v) is 6.71. The van der Waals surface area contributed by atoms with Gasteiger partial charge >= 0.3 is 0 Å². The zero-order valence-corrected chi connectivity index (χ0v) is 12.0. The Bertz CT molecular complexity index is 530. The van der Waals surface area contributed by atoms with E-state index < -0.39 is 5.91 Å². The average Bonchev–Trinajstić information content (AvgIpc) is 2.75. The van der Waals surface area contributed by atoms with Gasteiger partial charge in [-0.2, -0.15) is 5.10 Å². The molecule has 2 N–H and O–H groups in total. The first-order valence-electron chi connectivity index (χ1n) is 6.71. The molecule has 2 unspecified atom stereocenters. The molecule has 0 saturated heterocycles. The molecule has 1 aromatic heterocycles. The van der Waals surface area contributed by atoms with Crippen LogP contribution in [0.25, 0.3) is 0 Å². The zero-order chi connectivity index (χ0) is 14.7. The molecule has 1 amide bonds. The molecule has 1 aromatic rings. The van der Waals surface area contributed by atoms with Crippen LogP contribution in [-0.4, -0.2) is 34.8 Å². The molecular weight excluding hydrogens is 256 g/mol. The highest BCUT2D eigenvalue weighted by Crippen LogP contribution is 2.26. The second-order valence-corrected chi connectivity index (χ2v) is 4.88. The van der Waals surface area contributed by atoms with Gasteiger partial charge < -0.3 is 10.5 Å². The largest absolute Gasteiger partial charge is 0.481 e. The maximum Gasteiger partial charge on any atom is 0.265 e. The van der Waals surface area contributed by atoms with Gasteiger partial charge in [0.1, 0.15) is 5.71 Å². The van der Waals surface area contributed by atoms with Crippen molar-refractivity contribution in [2.75, 3.05) is 7.11 Å². The summed E-state index contributed by atoms with van der Waals surface area (Å²) in [4.78, 5) is 15.8. The number of nitrogens with zero attached hydrogens (tertiary/aromatic N) is 3. The van der Waals surface area contributed by atoms with Crippen molar-refractivity contribution in [3.8, 4) is 5.88 Å². The van der Waals surface area contributed by atoms with Gasteiger partial charge in [-0.3, -0.25) is 9.80 Å². The number of hydrazone groups is 1. The minimum Gasteiger partial charge on any atom is -0.481 e. The molecule has 0 aliphatic carbocycles. The fraction of sp³-hybridized carbons (Fsp3) is 0.500. The molecule has 0 bridgehead atoms. The molecule has 2 atom stereocenters. The van der Waals surface area contributed by atoms with Crippen molar-refractivity contribution in [2.45, 2.75) is 32.9 Å². The van der Waals surface area contributed by atoms with Gasteiger partial charge in [0.2, 0.25) is 5.88 Å². The van der Waals surface area contributed by atoms with Crippen LogP contribution in [0.4, 0.5) is 0 Å². The highest BCUT2D eigenvalue weighted by atomic mass is 16.5. The number of ether oxygens (including phenoxy) is 1. The minimum atomic E-state index is -0.447. The summed E-state index contributed by atoms with van der Waals surface area (Å²) in [7, 11) is 1.59. The van der Waals surface area contributed by atoms with E-state index in [0.29, 0.717) is 18.1 Å². The van der Waals surface area contributed by atoms with Gasteiger partial charge in [0.05, 0.1) is 25.4 Å². The predicted molar refractivity (Wildman–Crippen MR) is 76.2 cm³/mol. The quantitative estimate of drug-likeness (QED) is 0.875. The van der Waals surface area contributed by atoms with Crippen molar-refractivity contribution >= 4 is 11.6 Å². The lowest BCUT2D eigenvalue weighted by molar-refractivity contribution is -0.112. The molecule has 6 heteroatoms. The Kier molecular flexibility index (Phi) is 4.22. The van der Waals surface area contributed by atoms with E-state index in [1.165, 1.54) is 0 Å². The van der Waals surface area contributed by atoms with Crippen molar-refractivity contribution in [3.05, 3.63) is 23.9 Å². The number of rotatable bonds is 5. The van der Waals surface area contributed by atoms with Gasteiger partial charge in [0.15, 0.2) is 0 Å². The first-order chi connectivity index (χ1) is 9.56. The molecule has 0 spiro atoms. The molecule has 0 aromatic carbocycles. The third-order valence-electron chi connectivity index (χ3n) is 3.61. The topological polar surface area (TPSA) is 80.8 Å². The van der Waals surface area contributed by atoms with Gasteiger partial charge in [-0.05, 0) is 12.5 Å². The van der Waals surface area contributed by atoms with Crippen LogP contribution in [0.15, 0.2) is 23.3 Å². The van der Waals surface area contributed by atoms with Crippen molar-refractivity contribution in [3.63, 3.8) is 0 Å². The third kappa shape index (κ3) is 2.74. The first kappa shape index (κ1) is 14.3. The van der Waals surface area contributed by atoms with Crippen molar-refractivity contribution in [1.29, 1.82) is 0 Å². The van der Waals surface area contributed by atoms with E-state index in [1.807, 2.05) is 24.1 Å². The van der Waals surface area contributed by atoms with Gasteiger partial charge in [0.25, 0.3) is 5.91 Å². The standard InChI is InChI=1S/C14H20N4O2/c1-4-11-9(2)13(14(15)19)17-18(11)8-10-6-5-7-12(16-10)20-3/h5-7,9,11H,4,8H2,1-3H3,(H2,15,19). The Morgan fingerprint density at radius 1 is 1.50 bits per heavy atom. The Morgan fingerprint density at radius 3 is 2.85 bits per heavy atom. The number of aromatic nitrogens is 1. The number of pyridine rings is 1. The highest BCUT2D eigenvalue weighted by Gasteiger charge is 2.35. The van der Waals surface area contributed by atoms with Gasteiger partial charge in [-0.25, -0.2) is 4.98 Å². The number of carbonyl (C=O) groups excluding carboxylic acids is 1. The van der Waals surface area contributed by atoms with Crippen molar-refractivity contribution in [1.82, 2.24) is 9.99 Å². The fourth-order valence-electron chi connectivity index (χ4n) is 2.56. The summed E-state index contributed by atoms with van der Waals surface area (Å²) in [6, 6.07) is 5.77. The summed E-state index contributed by atoms with van der Waals surface area (Å²) >= 11 is 0. The Balaban J connectivity index is 2.20. The second-order valence-electron chi connectivity index (χ2n) is 4.88. The lowest BCUT2D eigenvalue weighted by Crippen LogP contribution is -2.34. The van der Waals surface area contributed by atoms with Crippen LogP contribution in [0.5, 0.6) is 5.88 Å². The van der Waals surface area contributed by atoms with Gasteiger partial charge in [-0.15, -0.1) is 0 Å². The van der Waals surface area contributed by atoms with E-state index in [0.717, 1.165) is 12.1 Å². The smallest absolute Gasteiger partial charge is 0.265 e. The van der Waals surface area contributed by atoms with Crippen molar-refractivity contribution < 1.29 is 9.53 Å². The molecule has 2 heterocycles. The number of primary amides is 1. The van der Waals surface area contributed by atoms with E-state index in [2.05, 4.69) is 17.0 Å². The van der Waals surface area contributed by atoms with E-state index in [9.17, 15) is 4.79 Å². The number of hydrogen-bond donors (Lipinski definition) is 1. The predicted octanol–water partition coefficient (Wildman–Crippen LogP) is 1.16. The number of amides is 1. The van der Waals surface area contributed by atoms with Crippen LogP contribution in [0, 0.1) is 5.92 Å². The van der Waals surface area contributed by atoms with Crippen LogP contribution in [0.2, 0.25) is 0 Å². The second kappa shape index (κ2) is 5.90. The maximum absolute atomic E-state index is 11.4. The molecule has 1 aliphatic heterocycles. The molecule has 108 valence electrons. The minimum absolute atomic E-state index is 0.0445. The van der Waals surface area contributed by atoms with Gasteiger partial charge in [-0.1, -0.05) is 19.9 Å². The fourth-order valence-corrected chi connectivity index (χ4v) is 2.56. The van der Waals surface area contributed by atoms with Gasteiger partial charge in [0, 0.05) is 12.0 Å². The molecule has 0 saturated carbocycles. The lowest BCUT2D eigenvalue weighted by Gasteiger charge is -2.24. The van der Waals surface area contributed by atoms with Crippen molar-refractivity contribution in [2.24, 2.45) is 16.8 Å². The normalized spacial score (nSPS) is 21.8. The average molecular weight is 276 g/mol. The van der Waals surface area contributed by atoms with Crippen LogP contribution in [-0.2, 0) is 11.3 Å². The molecule has 1 aliphatic rings. The van der Waals surface area contributed by atoms with Crippen LogP contribution in [0.1, 0.15) is 26.0 Å². The molecule has 0 radical (unpaired) electrons. The Morgan fingerprint density at radius 2 is 2.25 bits per heavy atom. The van der Waals surface area contributed by atoms with E-state index in [1.54, 1.807) is 13.2 Å². The van der Waals surface area contributed by atoms with E-state index >= 15 is 0 Å². The lowest BCUT2D eigenvalue weighted by atomic mass is 9.95. The number of methoxy groups -OCH3 is 1. The SMILES string of the molecule is CCC1C(C)C(C(N)=O)=NN1Cc1cccc(OC)n1. The van der Waals surface area contributed by atoms with E-state index in [4.69, 9.17) is 10.5 Å². The van der Waals surface area contributed by atoms with Crippen LogP contribution < -0.4 is 10.5 Å². The molecule has 0 fully saturated rings. The summed E-state index contributed by atoms with van der Waals surface area (Å²) in [6.07, 6.45) is 0.894. The highest BCUT2D eigenvalue weighted by molar-refractivity contribution is 6.39. The molecule has 2 rings (SSSR count). The van der Waals surface area contributed by atoms with Crippen LogP contribution in [0.3, 0.4) is 0 Å². The molecule has 6 nitrogen and oxygen atoms in total. The third-order valence-corrected chi connectivity index (χ3v) is 3.61.